The Hall–Kier alpha value is -4.07. The first-order valence-electron chi connectivity index (χ1n) is 10.3. The molecule has 0 N–H and O–H groups in total. The summed E-state index contributed by atoms with van der Waals surface area (Å²) in [6, 6.07) is 14.2. The molecule has 0 fully saturated rings. The Morgan fingerprint density at radius 2 is 1.67 bits per heavy atom. The van der Waals surface area contributed by atoms with Crippen molar-refractivity contribution < 1.29 is 28.5 Å². The fraction of sp³-hybridized carbons (Fsp3) is 0.240. The number of esters is 2. The standard InChI is InChI=1S/C25H26N2O6/c1-6-32-20-14-17(12-13-19(20)33-15-16(2)3)22-21(24(28)30-4)23(25(29)31-5)27(26-22)18-10-8-7-9-11-18/h7-14H,2,6,15H2,1,3-5H3. The summed E-state index contributed by atoms with van der Waals surface area (Å²) >= 11 is 0. The van der Waals surface area contributed by atoms with Gasteiger partial charge in [-0.3, -0.25) is 0 Å². The van der Waals surface area contributed by atoms with Crippen LogP contribution >= 0.6 is 0 Å². The zero-order chi connectivity index (χ0) is 24.0. The van der Waals surface area contributed by atoms with Crippen molar-refractivity contribution in [3.05, 3.63) is 71.9 Å². The van der Waals surface area contributed by atoms with Gasteiger partial charge in [0.2, 0.25) is 0 Å². The van der Waals surface area contributed by atoms with Crippen molar-refractivity contribution in [2.24, 2.45) is 0 Å². The number of aromatic nitrogens is 2. The highest BCUT2D eigenvalue weighted by molar-refractivity contribution is 6.06. The molecule has 3 aromatic rings. The number of para-hydroxylation sites is 1. The molecule has 0 amide bonds. The summed E-state index contributed by atoms with van der Waals surface area (Å²) in [5, 5.41) is 4.60. The molecule has 2 aromatic carbocycles. The fourth-order valence-corrected chi connectivity index (χ4v) is 3.20. The molecule has 1 aromatic heterocycles. The summed E-state index contributed by atoms with van der Waals surface area (Å²) in [7, 11) is 2.49. The largest absolute Gasteiger partial charge is 0.490 e. The third kappa shape index (κ3) is 5.06. The summed E-state index contributed by atoms with van der Waals surface area (Å²) in [6.07, 6.45) is 0. The van der Waals surface area contributed by atoms with E-state index in [0.717, 1.165) is 5.57 Å². The second kappa shape index (κ2) is 10.5. The monoisotopic (exact) mass is 450 g/mol. The molecule has 8 nitrogen and oxygen atoms in total. The SMILES string of the molecule is C=C(C)COc1ccc(-c2nn(-c3ccccc3)c(C(=O)OC)c2C(=O)OC)cc1OCC. The van der Waals surface area contributed by atoms with E-state index in [4.69, 9.17) is 18.9 Å². The van der Waals surface area contributed by atoms with Crippen LogP contribution in [0.25, 0.3) is 16.9 Å². The van der Waals surface area contributed by atoms with Gasteiger partial charge in [0.15, 0.2) is 17.2 Å². The van der Waals surface area contributed by atoms with Gasteiger partial charge < -0.3 is 18.9 Å². The Bertz CT molecular complexity index is 1170. The van der Waals surface area contributed by atoms with Crippen LogP contribution < -0.4 is 9.47 Å². The predicted molar refractivity (Wildman–Crippen MR) is 123 cm³/mol. The number of hydrogen-bond acceptors (Lipinski definition) is 7. The van der Waals surface area contributed by atoms with Crippen molar-refractivity contribution in [2.45, 2.75) is 13.8 Å². The number of nitrogens with zero attached hydrogens (tertiary/aromatic N) is 2. The molecule has 33 heavy (non-hydrogen) atoms. The molecule has 0 radical (unpaired) electrons. The fourth-order valence-electron chi connectivity index (χ4n) is 3.20. The van der Waals surface area contributed by atoms with Crippen molar-refractivity contribution in [3.63, 3.8) is 0 Å². The van der Waals surface area contributed by atoms with Crippen LogP contribution in [0.5, 0.6) is 11.5 Å². The molecule has 0 unspecified atom stereocenters. The first kappa shape index (κ1) is 23.6. The molecule has 0 bridgehead atoms. The van der Waals surface area contributed by atoms with Gasteiger partial charge in [0.25, 0.3) is 0 Å². The molecule has 0 aliphatic rings. The predicted octanol–water partition coefficient (Wildman–Crippen LogP) is 4.47. The molecule has 1 heterocycles. The highest BCUT2D eigenvalue weighted by Crippen LogP contribution is 2.36. The molecule has 8 heteroatoms. The van der Waals surface area contributed by atoms with Crippen molar-refractivity contribution >= 4 is 11.9 Å². The van der Waals surface area contributed by atoms with Crippen LogP contribution in [-0.4, -0.2) is 49.2 Å². The van der Waals surface area contributed by atoms with Gasteiger partial charge in [-0.05, 0) is 49.8 Å². The van der Waals surface area contributed by atoms with E-state index in [1.165, 1.54) is 18.9 Å². The maximum absolute atomic E-state index is 12.8. The lowest BCUT2D eigenvalue weighted by Crippen LogP contribution is -2.15. The Kier molecular flexibility index (Phi) is 7.50. The maximum Gasteiger partial charge on any atom is 0.357 e. The van der Waals surface area contributed by atoms with Gasteiger partial charge in [0.05, 0.1) is 26.5 Å². The zero-order valence-electron chi connectivity index (χ0n) is 19.1. The molecule has 0 aliphatic carbocycles. The Labute approximate surface area is 192 Å². The Morgan fingerprint density at radius 3 is 2.27 bits per heavy atom. The minimum atomic E-state index is -0.718. The van der Waals surface area contributed by atoms with Gasteiger partial charge in [0.1, 0.15) is 17.9 Å². The van der Waals surface area contributed by atoms with Gasteiger partial charge in [-0.1, -0.05) is 24.8 Å². The number of hydrogen-bond donors (Lipinski definition) is 0. The number of carbonyl (C=O) groups excluding carboxylic acids is 2. The molecule has 3 rings (SSSR count). The van der Waals surface area contributed by atoms with Crippen LogP contribution in [0.4, 0.5) is 0 Å². The first-order valence-corrected chi connectivity index (χ1v) is 10.3. The van der Waals surface area contributed by atoms with Crippen LogP contribution in [-0.2, 0) is 9.47 Å². The summed E-state index contributed by atoms with van der Waals surface area (Å²) in [6.45, 7) is 8.30. The summed E-state index contributed by atoms with van der Waals surface area (Å²) < 4.78 is 22.8. The van der Waals surface area contributed by atoms with E-state index in [1.54, 1.807) is 42.5 Å². The topological polar surface area (TPSA) is 88.9 Å². The van der Waals surface area contributed by atoms with Crippen LogP contribution in [0, 0.1) is 0 Å². The minimum Gasteiger partial charge on any atom is -0.490 e. The number of carbonyl (C=O) groups is 2. The smallest absolute Gasteiger partial charge is 0.357 e. The maximum atomic E-state index is 12.8. The Balaban J connectivity index is 2.24. The van der Waals surface area contributed by atoms with Crippen molar-refractivity contribution in [2.75, 3.05) is 27.4 Å². The average Bonchev–Trinajstić information content (AvgIpc) is 3.23. The summed E-state index contributed by atoms with van der Waals surface area (Å²) in [5.74, 6) is -0.433. The molecule has 0 saturated heterocycles. The van der Waals surface area contributed by atoms with Gasteiger partial charge in [0, 0.05) is 5.56 Å². The number of rotatable bonds is 9. The second-order valence-electron chi connectivity index (χ2n) is 7.14. The van der Waals surface area contributed by atoms with Crippen molar-refractivity contribution in [1.29, 1.82) is 0 Å². The third-order valence-corrected chi connectivity index (χ3v) is 4.65. The van der Waals surface area contributed by atoms with Gasteiger partial charge in [-0.2, -0.15) is 5.10 Å². The summed E-state index contributed by atoms with van der Waals surface area (Å²) in [4.78, 5) is 25.5. The Morgan fingerprint density at radius 1 is 0.970 bits per heavy atom. The van der Waals surface area contributed by atoms with Crippen molar-refractivity contribution in [3.8, 4) is 28.4 Å². The molecule has 0 atom stereocenters. The van der Waals surface area contributed by atoms with E-state index in [2.05, 4.69) is 11.7 Å². The molecule has 0 spiro atoms. The molecule has 172 valence electrons. The van der Waals surface area contributed by atoms with E-state index in [1.807, 2.05) is 19.9 Å². The van der Waals surface area contributed by atoms with Crippen LogP contribution in [0.1, 0.15) is 34.7 Å². The van der Waals surface area contributed by atoms with E-state index in [9.17, 15) is 9.59 Å². The lowest BCUT2D eigenvalue weighted by atomic mass is 10.0. The number of benzene rings is 2. The number of ether oxygens (including phenoxy) is 4. The lowest BCUT2D eigenvalue weighted by Gasteiger charge is -2.13. The van der Waals surface area contributed by atoms with E-state index < -0.39 is 11.9 Å². The zero-order valence-corrected chi connectivity index (χ0v) is 19.1. The van der Waals surface area contributed by atoms with Gasteiger partial charge in [-0.25, -0.2) is 14.3 Å². The highest BCUT2D eigenvalue weighted by Gasteiger charge is 2.31. The first-order chi connectivity index (χ1) is 15.9. The minimum absolute atomic E-state index is 0.00810. The normalized spacial score (nSPS) is 10.4. The quantitative estimate of drug-likeness (QED) is 0.351. The van der Waals surface area contributed by atoms with Gasteiger partial charge >= 0.3 is 11.9 Å². The van der Waals surface area contributed by atoms with Crippen molar-refractivity contribution in [1.82, 2.24) is 9.78 Å². The van der Waals surface area contributed by atoms with Crippen LogP contribution in [0.2, 0.25) is 0 Å². The molecule has 0 saturated carbocycles. The lowest BCUT2D eigenvalue weighted by molar-refractivity contribution is 0.0549. The van der Waals surface area contributed by atoms with Crippen LogP contribution in [0.3, 0.4) is 0 Å². The van der Waals surface area contributed by atoms with E-state index >= 15 is 0 Å². The highest BCUT2D eigenvalue weighted by atomic mass is 16.5. The average molecular weight is 450 g/mol. The molecular formula is C25H26N2O6. The molecule has 0 aliphatic heterocycles. The van der Waals surface area contributed by atoms with E-state index in [-0.39, 0.29) is 17.0 Å². The van der Waals surface area contributed by atoms with Gasteiger partial charge in [-0.15, -0.1) is 0 Å². The molecular weight excluding hydrogens is 424 g/mol. The van der Waals surface area contributed by atoms with Crippen LogP contribution in [0.15, 0.2) is 60.7 Å². The second-order valence-corrected chi connectivity index (χ2v) is 7.14. The number of methoxy groups -OCH3 is 2. The third-order valence-electron chi connectivity index (χ3n) is 4.65. The summed E-state index contributed by atoms with van der Waals surface area (Å²) in [5.41, 5.74) is 2.19. The van der Waals surface area contributed by atoms with E-state index in [0.29, 0.717) is 36.0 Å².